The molecule has 0 aliphatic rings. The Morgan fingerprint density at radius 1 is 0.667 bits per heavy atom. The SMILES string of the molecule is C=CC(=O)NCCC[Si](O[Si](C)(C)[Si](C)(C)C)(O[Si](C)(C)[Si](C)(C)C)O[Si](C)(C)[Si](C)(C)C. The van der Waals surface area contributed by atoms with Crippen molar-refractivity contribution in [3.8, 4) is 0 Å². The lowest BCUT2D eigenvalue weighted by atomic mass is 10.4. The maximum absolute atomic E-state index is 11.7. The van der Waals surface area contributed by atoms with Gasteiger partial charge in [-0.05, 0) is 51.8 Å². The van der Waals surface area contributed by atoms with E-state index in [0.29, 0.717) is 6.54 Å². The van der Waals surface area contributed by atoms with E-state index in [9.17, 15) is 4.79 Å². The van der Waals surface area contributed by atoms with Crippen molar-refractivity contribution in [2.45, 2.75) is 111 Å². The van der Waals surface area contributed by atoms with Crippen LogP contribution in [0.1, 0.15) is 6.42 Å². The molecule has 12 heteroatoms. The van der Waals surface area contributed by atoms with Crippen molar-refractivity contribution in [3.05, 3.63) is 12.7 Å². The zero-order chi connectivity index (χ0) is 26.7. The molecule has 0 aliphatic carbocycles. The first kappa shape index (κ1) is 33.6. The van der Waals surface area contributed by atoms with E-state index >= 15 is 0 Å². The zero-order valence-electron chi connectivity index (χ0n) is 24.5. The Morgan fingerprint density at radius 3 is 1.21 bits per heavy atom. The van der Waals surface area contributed by atoms with Gasteiger partial charge in [-0.25, -0.2) is 0 Å². The van der Waals surface area contributed by atoms with Crippen LogP contribution in [0.25, 0.3) is 0 Å². The summed E-state index contributed by atoms with van der Waals surface area (Å²) in [7, 11) is -13.7. The van der Waals surface area contributed by atoms with Crippen molar-refractivity contribution in [2.24, 2.45) is 0 Å². The lowest BCUT2D eigenvalue weighted by molar-refractivity contribution is -0.116. The van der Waals surface area contributed by atoms with Gasteiger partial charge in [-0.15, -0.1) is 0 Å². The van der Waals surface area contributed by atoms with E-state index in [0.717, 1.165) is 12.5 Å². The number of hydrogen-bond acceptors (Lipinski definition) is 4. The predicted molar refractivity (Wildman–Crippen MR) is 164 cm³/mol. The summed E-state index contributed by atoms with van der Waals surface area (Å²) in [6.45, 7) is 40.2. The minimum atomic E-state index is -3.00. The molecule has 0 saturated carbocycles. The van der Waals surface area contributed by atoms with Crippen LogP contribution < -0.4 is 5.32 Å². The fourth-order valence-corrected chi connectivity index (χ4v) is 31.4. The number of rotatable bonds is 14. The fraction of sp³-hybridized carbons (Fsp3) is 0.857. The van der Waals surface area contributed by atoms with Gasteiger partial charge in [0.1, 0.15) is 0 Å². The normalized spacial score (nSPS) is 14.9. The monoisotopic (exact) mass is 581 g/mol. The minimum absolute atomic E-state index is 0.129. The van der Waals surface area contributed by atoms with Crippen molar-refractivity contribution in [2.75, 3.05) is 6.54 Å². The lowest BCUT2D eigenvalue weighted by Crippen LogP contribution is -2.72. The van der Waals surface area contributed by atoms with Crippen LogP contribution in [0.4, 0.5) is 0 Å². The molecule has 1 amide bonds. The van der Waals surface area contributed by atoms with Crippen molar-refractivity contribution >= 4 is 61.0 Å². The number of amides is 1. The van der Waals surface area contributed by atoms with E-state index in [4.69, 9.17) is 12.3 Å². The second-order valence-electron chi connectivity index (χ2n) is 13.9. The summed E-state index contributed by atoms with van der Waals surface area (Å²) in [5, 5.41) is 2.94. The highest BCUT2D eigenvalue weighted by Crippen LogP contribution is 2.36. The van der Waals surface area contributed by atoms with Crippen molar-refractivity contribution in [1.82, 2.24) is 5.32 Å². The lowest BCUT2D eigenvalue weighted by Gasteiger charge is -2.51. The van der Waals surface area contributed by atoms with Crippen LogP contribution in [0.5, 0.6) is 0 Å². The van der Waals surface area contributed by atoms with Crippen LogP contribution in [-0.4, -0.2) is 67.5 Å². The first-order chi connectivity index (χ1) is 14.3. The Morgan fingerprint density at radius 2 is 0.970 bits per heavy atom. The molecule has 0 atom stereocenters. The summed E-state index contributed by atoms with van der Waals surface area (Å²) in [5.41, 5.74) is 0. The van der Waals surface area contributed by atoms with E-state index in [1.165, 1.54) is 6.08 Å². The van der Waals surface area contributed by atoms with Crippen molar-refractivity contribution in [3.63, 3.8) is 0 Å². The molecule has 5 nitrogen and oxygen atoms in total. The van der Waals surface area contributed by atoms with Crippen LogP contribution >= 0.6 is 0 Å². The standard InChI is InChI=1S/C21H55NO4Si7/c1-17-21(23)22-19-18-20-33(24-30(11,12)27(2,3)4,25-31(13,14)28(5,6)7)26-32(15,16)29(8,9)10/h17H,1,18-20H2,2-16H3,(H,22,23). The van der Waals surface area contributed by atoms with Crippen LogP contribution in [0, 0.1) is 0 Å². The Hall–Kier alpha value is 0.608. The predicted octanol–water partition coefficient (Wildman–Crippen LogP) is 6.53. The first-order valence-electron chi connectivity index (χ1n) is 12.3. The van der Waals surface area contributed by atoms with E-state index in [1.807, 2.05) is 0 Å². The van der Waals surface area contributed by atoms with Gasteiger partial charge in [0.25, 0.3) is 0 Å². The molecule has 1 N–H and O–H groups in total. The Kier molecular flexibility index (Phi) is 11.5. The summed E-state index contributed by atoms with van der Waals surface area (Å²) in [6, 6.07) is 0.771. The summed E-state index contributed by atoms with van der Waals surface area (Å²) in [5.74, 6) is -0.129. The van der Waals surface area contributed by atoms with E-state index in [2.05, 4.69) is 110 Å². The van der Waals surface area contributed by atoms with Gasteiger partial charge < -0.3 is 17.7 Å². The van der Waals surface area contributed by atoms with Crippen LogP contribution in [0.15, 0.2) is 12.7 Å². The third-order valence-electron chi connectivity index (χ3n) is 7.79. The highest BCUT2D eigenvalue weighted by molar-refractivity contribution is 7.42. The largest absolute Gasteiger partial charge is 0.469 e. The molecule has 0 saturated heterocycles. The molecule has 0 aromatic carbocycles. The zero-order valence-corrected chi connectivity index (χ0v) is 31.5. The molecule has 0 bridgehead atoms. The number of hydrogen-bond donors (Lipinski definition) is 1. The molecule has 0 fully saturated rings. The third-order valence-corrected chi connectivity index (χ3v) is 64.7. The highest BCUT2D eigenvalue weighted by atomic mass is 29.3. The second kappa shape index (κ2) is 11.3. The molecule has 0 aromatic rings. The first-order valence-corrected chi connectivity index (χ1v) is 36.5. The van der Waals surface area contributed by atoms with Crippen molar-refractivity contribution < 1.29 is 17.1 Å². The number of nitrogens with one attached hydrogen (secondary N) is 1. The summed E-state index contributed by atoms with van der Waals surface area (Å²) in [6.07, 6.45) is 2.13. The number of carbonyl (C=O) groups is 1. The van der Waals surface area contributed by atoms with Gasteiger partial charge in [0, 0.05) is 12.6 Å². The molecule has 33 heavy (non-hydrogen) atoms. The van der Waals surface area contributed by atoms with Gasteiger partial charge in [0.2, 0.25) is 5.91 Å². The van der Waals surface area contributed by atoms with Crippen LogP contribution in [0.2, 0.25) is 104 Å². The molecule has 0 unspecified atom stereocenters. The third kappa shape index (κ3) is 9.88. The van der Waals surface area contributed by atoms with Crippen molar-refractivity contribution in [1.29, 1.82) is 0 Å². The molecule has 0 aliphatic heterocycles. The smallest absolute Gasteiger partial charge is 0.419 e. The van der Waals surface area contributed by atoms with Gasteiger partial charge >= 0.3 is 8.80 Å². The molecular formula is C21H55NO4Si7. The molecular weight excluding hydrogens is 527 g/mol. The molecule has 196 valence electrons. The average molecular weight is 582 g/mol. The van der Waals surface area contributed by atoms with E-state index < -0.39 is 55.1 Å². The topological polar surface area (TPSA) is 56.8 Å². The van der Waals surface area contributed by atoms with E-state index in [-0.39, 0.29) is 5.91 Å². The molecule has 0 rings (SSSR count). The van der Waals surface area contributed by atoms with Gasteiger partial charge in [0.15, 0.2) is 23.5 Å². The van der Waals surface area contributed by atoms with Crippen LogP contribution in [-0.2, 0) is 17.1 Å². The van der Waals surface area contributed by atoms with Gasteiger partial charge in [-0.2, -0.15) is 0 Å². The Balaban J connectivity index is 6.54. The second-order valence-corrected chi connectivity index (χ2v) is 65.1. The molecule has 0 aromatic heterocycles. The van der Waals surface area contributed by atoms with Gasteiger partial charge in [0.05, 0.1) is 22.8 Å². The molecule has 0 heterocycles. The maximum atomic E-state index is 11.7. The van der Waals surface area contributed by atoms with Gasteiger partial charge in [-0.3, -0.25) is 4.79 Å². The Bertz CT molecular complexity index is 608. The quantitative estimate of drug-likeness (QED) is 0.144. The molecule has 0 spiro atoms. The summed E-state index contributed by atoms with van der Waals surface area (Å²) in [4.78, 5) is 11.7. The Labute approximate surface area is 212 Å². The summed E-state index contributed by atoms with van der Waals surface area (Å²) < 4.78 is 22.1. The average Bonchev–Trinajstić information content (AvgIpc) is 2.54. The van der Waals surface area contributed by atoms with E-state index in [1.54, 1.807) is 0 Å². The fourth-order valence-electron chi connectivity index (χ4n) is 2.43. The van der Waals surface area contributed by atoms with Crippen LogP contribution in [0.3, 0.4) is 0 Å². The summed E-state index contributed by atoms with van der Waals surface area (Å²) >= 11 is 0. The number of carbonyl (C=O) groups excluding carboxylic acids is 1. The minimum Gasteiger partial charge on any atom is -0.419 e. The highest BCUT2D eigenvalue weighted by Gasteiger charge is 2.58. The van der Waals surface area contributed by atoms with Gasteiger partial charge in [-0.1, -0.05) is 65.5 Å². The molecule has 0 radical (unpaired) electrons. The maximum Gasteiger partial charge on any atom is 0.469 e.